The summed E-state index contributed by atoms with van der Waals surface area (Å²) in [5, 5.41) is 51.8. The molecule has 4 aliphatic rings. The molecule has 302 valence electrons. The first kappa shape index (κ1) is 47.1. The van der Waals surface area contributed by atoms with Gasteiger partial charge < -0.3 is 40.0 Å². The molecule has 1 saturated heterocycles. The van der Waals surface area contributed by atoms with E-state index in [-0.39, 0.29) is 123 Å². The number of fused-ring (bicyclic) bond motifs is 5. The van der Waals surface area contributed by atoms with Crippen LogP contribution in [0.5, 0.6) is 0 Å². The molecule has 1 heterocycles. The van der Waals surface area contributed by atoms with Gasteiger partial charge in [-0.3, -0.25) is 9.59 Å². The summed E-state index contributed by atoms with van der Waals surface area (Å²) in [5.41, 5.74) is -7.38. The Hall–Kier alpha value is -1.91. The Morgan fingerprint density at radius 2 is 1.43 bits per heavy atom. The summed E-state index contributed by atoms with van der Waals surface area (Å²) >= 11 is 0. The van der Waals surface area contributed by atoms with Gasteiger partial charge in [-0.25, -0.2) is 14.0 Å². The van der Waals surface area contributed by atoms with E-state index in [4.69, 9.17) is 14.2 Å². The van der Waals surface area contributed by atoms with Crippen LogP contribution in [0, 0.1) is 105 Å². The summed E-state index contributed by atoms with van der Waals surface area (Å²) in [5.74, 6) is -5.39. The van der Waals surface area contributed by atoms with Gasteiger partial charge in [0.05, 0.1) is 29.7 Å². The first-order valence-corrected chi connectivity index (χ1v) is 18.7. The van der Waals surface area contributed by atoms with Crippen LogP contribution in [0.25, 0.3) is 0 Å². The molecule has 2 saturated carbocycles. The van der Waals surface area contributed by atoms with Gasteiger partial charge in [-0.15, -0.1) is 0 Å². The predicted molar refractivity (Wildman–Crippen MR) is 197 cm³/mol. The number of esters is 2. The molecule has 11 atom stereocenters. The second-order valence-corrected chi connectivity index (χ2v) is 16.2. The molecule has 10 unspecified atom stereocenters. The Labute approximate surface area is 407 Å². The predicted octanol–water partition coefficient (Wildman–Crippen LogP) is 3.57. The fourth-order valence-electron chi connectivity index (χ4n) is 9.50. The summed E-state index contributed by atoms with van der Waals surface area (Å²) in [6.45, 7) is 5.44. The minimum absolute atomic E-state index is 0. The van der Waals surface area contributed by atoms with Crippen molar-refractivity contribution in [3.05, 3.63) is 119 Å². The third kappa shape index (κ3) is 7.77. The van der Waals surface area contributed by atoms with Gasteiger partial charge in [0, 0.05) is 118 Å². The van der Waals surface area contributed by atoms with Crippen molar-refractivity contribution in [3.8, 4) is 0 Å². The molecule has 1 aliphatic heterocycles. The second-order valence-electron chi connectivity index (χ2n) is 16.2. The van der Waals surface area contributed by atoms with Crippen molar-refractivity contribution in [2.45, 2.75) is 94.5 Å². The third-order valence-corrected chi connectivity index (χ3v) is 12.9. The molecule has 5 N–H and O–H groups in total. The first-order chi connectivity index (χ1) is 26.5. The molecule has 1 amide bonds. The fourth-order valence-corrected chi connectivity index (χ4v) is 9.50. The molecule has 58 heavy (non-hydrogen) atoms. The summed E-state index contributed by atoms with van der Waals surface area (Å²) in [4.78, 5) is 55.9. The van der Waals surface area contributed by atoms with E-state index in [0.717, 1.165) is 0 Å². The van der Waals surface area contributed by atoms with E-state index in [1.165, 1.54) is 39.8 Å². The van der Waals surface area contributed by atoms with Gasteiger partial charge in [0.2, 0.25) is 0 Å². The van der Waals surface area contributed by atoms with Crippen molar-refractivity contribution in [2.75, 3.05) is 6.61 Å². The Morgan fingerprint density at radius 1 is 0.879 bits per heavy atom. The molecular formula is C43H46Ac2FNO11. The third-order valence-electron chi connectivity index (χ3n) is 12.9. The van der Waals surface area contributed by atoms with E-state index in [0.29, 0.717) is 5.56 Å². The summed E-state index contributed by atoms with van der Waals surface area (Å²) in [7, 11) is 0. The summed E-state index contributed by atoms with van der Waals surface area (Å²) in [6.07, 6.45) is -11.4. The van der Waals surface area contributed by atoms with Gasteiger partial charge in [-0.05, 0) is 54.8 Å². The molecule has 2 radical (unpaired) electrons. The Balaban J connectivity index is 0.00000320. The van der Waals surface area contributed by atoms with Gasteiger partial charge in [0.1, 0.15) is 35.7 Å². The molecule has 2 bridgehead atoms. The van der Waals surface area contributed by atoms with Crippen LogP contribution >= 0.6 is 0 Å². The zero-order valence-electron chi connectivity index (χ0n) is 32.6. The van der Waals surface area contributed by atoms with E-state index < -0.39 is 101 Å². The number of nitrogens with one attached hydrogen (secondary N) is 1. The van der Waals surface area contributed by atoms with E-state index in [9.17, 15) is 39.6 Å². The smallest absolute Gasteiger partial charge is 0.338 e. The molecule has 12 nitrogen and oxygen atoms in total. The Kier molecular flexibility index (Phi) is 14.5. The molecule has 3 aromatic carbocycles. The molecule has 3 fully saturated rings. The number of aliphatic hydroxyl groups is 4. The number of hydrogen-bond donors (Lipinski definition) is 5. The van der Waals surface area contributed by atoms with Gasteiger partial charge in [0.25, 0.3) is 5.91 Å². The average Bonchev–Trinajstić information content (AvgIpc) is 3.19. The molecule has 7 rings (SSSR count). The maximum Gasteiger partial charge on any atom is 0.338 e. The normalized spacial score (nSPS) is 33.1. The van der Waals surface area contributed by atoms with E-state index in [2.05, 4.69) is 5.32 Å². The largest absolute Gasteiger partial charge is 0.456 e. The number of rotatable bonds is 8. The van der Waals surface area contributed by atoms with Crippen molar-refractivity contribution in [1.82, 2.24) is 5.32 Å². The van der Waals surface area contributed by atoms with Crippen molar-refractivity contribution in [1.29, 1.82) is 0 Å². The molecule has 0 spiro atoms. The molecule has 3 aliphatic carbocycles. The minimum atomic E-state index is -2.36. The Bertz CT molecular complexity index is 2060. The number of halogens is 1. The monoisotopic (exact) mass is 1230 g/mol. The van der Waals surface area contributed by atoms with Crippen LogP contribution in [0.1, 0.15) is 72.9 Å². The fraction of sp³-hybridized carbons (Fsp3) is 0.442. The van der Waals surface area contributed by atoms with Gasteiger partial charge in [0.15, 0.2) is 11.9 Å². The van der Waals surface area contributed by atoms with Crippen molar-refractivity contribution < 1.29 is 146 Å². The van der Waals surface area contributed by atoms with Gasteiger partial charge in [-0.2, -0.15) is 0 Å². The van der Waals surface area contributed by atoms with Crippen LogP contribution in [0.15, 0.2) is 102 Å². The van der Waals surface area contributed by atoms with Crippen molar-refractivity contribution >= 4 is 23.6 Å². The Morgan fingerprint density at radius 3 is 1.98 bits per heavy atom. The number of aliphatic hydroxyl groups excluding tert-OH is 2. The number of hydrogen-bond acceptors (Lipinski definition) is 11. The number of Topliss-reactive ketones (excluding diaryl/α,β-unsaturated/α-hetero) is 1. The van der Waals surface area contributed by atoms with Crippen LogP contribution < -0.4 is 5.32 Å². The SMILES string of the molecule is CC1=C2C(O)C(=O)[C@]3(C)C(F)CC4OCC4(O)C3C(OC(=O)c3ccccc3)C(O)(CC1OC(=O)C(O)C(NC(=O)c1ccccc1)c1ccccc1)C2(C)C.[Ac].[Ac]. The van der Waals surface area contributed by atoms with Crippen LogP contribution in [0.2, 0.25) is 0 Å². The average molecular weight is 1230 g/mol. The van der Waals surface area contributed by atoms with Crippen LogP contribution in [-0.2, 0) is 23.8 Å². The maximum absolute atomic E-state index is 16.6. The van der Waals surface area contributed by atoms with E-state index >= 15 is 4.39 Å². The summed E-state index contributed by atoms with van der Waals surface area (Å²) in [6, 6.07) is 23.0. The number of ether oxygens (including phenoxy) is 3. The maximum atomic E-state index is 16.6. The standard InChI is InChI=1S/C43H46FNO11.2Ac/c1-23-27(55-39(51)33(47)31(24-14-8-5-9-15-24)45-37(49)25-16-10-6-11-17-25)21-43(53)36(56-38(50)26-18-12-7-13-19-26)34-41(4,28(44)20-29-42(34,52)22-54-29)35(48)32(46)30(23)40(43,2)3;;/h5-19,27-29,31-34,36,46-47,52-53H,20-22H2,1-4H3,(H,45,49);;/t27?,28?,29?,31?,32?,33?,34?,36?,41-,42?,43?;;/m1../s1. The number of alkyl halides is 1. The quantitative estimate of drug-likeness (QED) is 0.164. The molecule has 15 heteroatoms. The van der Waals surface area contributed by atoms with Crippen LogP contribution in [0.3, 0.4) is 0 Å². The van der Waals surface area contributed by atoms with Gasteiger partial charge >= 0.3 is 11.9 Å². The first-order valence-electron chi connectivity index (χ1n) is 18.7. The zero-order chi connectivity index (χ0) is 40.4. The molecular weight excluding hydrogens is 1180 g/mol. The zero-order valence-corrected chi connectivity index (χ0v) is 42.1. The van der Waals surface area contributed by atoms with Gasteiger partial charge in [-0.1, -0.05) is 80.6 Å². The number of benzene rings is 3. The van der Waals surface area contributed by atoms with E-state index in [1.54, 1.807) is 78.9 Å². The topological polar surface area (TPSA) is 189 Å². The number of carbonyl (C=O) groups excluding carboxylic acids is 4. The molecule has 0 aromatic heterocycles. The van der Waals surface area contributed by atoms with Crippen LogP contribution in [0.4, 0.5) is 4.39 Å². The second kappa shape index (κ2) is 17.8. The van der Waals surface area contributed by atoms with Crippen molar-refractivity contribution in [3.63, 3.8) is 0 Å². The van der Waals surface area contributed by atoms with E-state index in [1.807, 2.05) is 0 Å². The minimum Gasteiger partial charge on any atom is -0.456 e. The molecule has 3 aromatic rings. The van der Waals surface area contributed by atoms with Crippen LogP contribution in [-0.4, -0.2) is 98.6 Å². The summed E-state index contributed by atoms with van der Waals surface area (Å²) < 4.78 is 34.3. The number of amides is 1. The van der Waals surface area contributed by atoms with Crippen molar-refractivity contribution in [2.24, 2.45) is 16.7 Å². The number of carbonyl (C=O) groups is 4. The number of ketones is 1.